The summed E-state index contributed by atoms with van der Waals surface area (Å²) in [5.74, 6) is -1.32. The van der Waals surface area contributed by atoms with E-state index in [2.05, 4.69) is 24.3 Å². The molecule has 0 saturated heterocycles. The standard InChI is InChI=1S/C23H22N2O2/c24-12-17-10-16-9-14-5-1-2-6-15(14)11-20(16)22(21(17)13-25)18-7-3-4-8-19(18)23(26)27/h1-2,5-6,9-13,18-19,24-25H,3-4,7-8H2,(H,26,27)/t18-,19-/m1/s1. The third-order valence-electron chi connectivity index (χ3n) is 5.87. The first-order valence-corrected chi connectivity index (χ1v) is 9.37. The molecule has 4 rings (SSSR count). The SMILES string of the molecule is N=Cc1cc2cc3ccccc3cc2c([C@@H]2CCCC[C@H]2C(=O)O)c1C=N. The van der Waals surface area contributed by atoms with Crippen LogP contribution >= 0.6 is 0 Å². The largest absolute Gasteiger partial charge is 0.481 e. The van der Waals surface area contributed by atoms with Gasteiger partial charge in [-0.25, -0.2) is 0 Å². The molecule has 0 spiro atoms. The molecule has 4 nitrogen and oxygen atoms in total. The molecule has 0 heterocycles. The maximum atomic E-state index is 11.9. The summed E-state index contributed by atoms with van der Waals surface area (Å²) in [4.78, 5) is 11.9. The van der Waals surface area contributed by atoms with E-state index < -0.39 is 11.9 Å². The van der Waals surface area contributed by atoms with Crippen LogP contribution in [0.2, 0.25) is 0 Å². The van der Waals surface area contributed by atoms with Gasteiger partial charge in [-0.1, -0.05) is 37.1 Å². The molecule has 0 aromatic heterocycles. The Balaban J connectivity index is 2.08. The summed E-state index contributed by atoms with van der Waals surface area (Å²) in [6.07, 6.45) is 5.96. The van der Waals surface area contributed by atoms with Gasteiger partial charge >= 0.3 is 5.97 Å². The molecule has 1 saturated carbocycles. The second-order valence-electron chi connectivity index (χ2n) is 7.34. The van der Waals surface area contributed by atoms with Crippen molar-refractivity contribution in [3.63, 3.8) is 0 Å². The molecule has 0 aliphatic heterocycles. The lowest BCUT2D eigenvalue weighted by Crippen LogP contribution is -2.26. The van der Waals surface area contributed by atoms with Crippen molar-refractivity contribution < 1.29 is 9.90 Å². The zero-order valence-corrected chi connectivity index (χ0v) is 15.0. The molecule has 0 bridgehead atoms. The van der Waals surface area contributed by atoms with Crippen LogP contribution in [0.4, 0.5) is 0 Å². The highest BCUT2D eigenvalue weighted by molar-refractivity contribution is 6.07. The predicted octanol–water partition coefficient (Wildman–Crippen LogP) is 5.35. The Morgan fingerprint density at radius 1 is 0.963 bits per heavy atom. The van der Waals surface area contributed by atoms with Gasteiger partial charge in [0.25, 0.3) is 0 Å². The van der Waals surface area contributed by atoms with Crippen LogP contribution in [-0.2, 0) is 4.79 Å². The molecule has 3 N–H and O–H groups in total. The molecule has 3 aromatic carbocycles. The van der Waals surface area contributed by atoms with Crippen LogP contribution in [0, 0.1) is 16.7 Å². The van der Waals surface area contributed by atoms with Crippen molar-refractivity contribution in [1.82, 2.24) is 0 Å². The topological polar surface area (TPSA) is 85.0 Å². The molecule has 27 heavy (non-hydrogen) atoms. The van der Waals surface area contributed by atoms with Crippen LogP contribution in [0.15, 0.2) is 42.5 Å². The monoisotopic (exact) mass is 358 g/mol. The minimum absolute atomic E-state index is 0.128. The number of carboxylic acids is 1. The summed E-state index contributed by atoms with van der Waals surface area (Å²) in [6.45, 7) is 0. The Hall–Kier alpha value is -3.01. The summed E-state index contributed by atoms with van der Waals surface area (Å²) in [5, 5.41) is 29.8. The van der Waals surface area contributed by atoms with Crippen molar-refractivity contribution in [3.05, 3.63) is 59.2 Å². The van der Waals surface area contributed by atoms with Gasteiger partial charge in [-0.15, -0.1) is 0 Å². The normalized spacial score (nSPS) is 19.9. The Bertz CT molecular complexity index is 1070. The lowest BCUT2D eigenvalue weighted by atomic mass is 9.72. The number of hydrogen-bond acceptors (Lipinski definition) is 3. The molecular formula is C23H22N2O2. The van der Waals surface area contributed by atoms with E-state index in [0.29, 0.717) is 17.5 Å². The number of fused-ring (bicyclic) bond motifs is 2. The maximum Gasteiger partial charge on any atom is 0.307 e. The van der Waals surface area contributed by atoms with Crippen molar-refractivity contribution in [2.45, 2.75) is 31.6 Å². The maximum absolute atomic E-state index is 11.9. The van der Waals surface area contributed by atoms with E-state index in [1.165, 1.54) is 12.4 Å². The third-order valence-corrected chi connectivity index (χ3v) is 5.87. The van der Waals surface area contributed by atoms with Gasteiger partial charge in [0.05, 0.1) is 5.92 Å². The molecule has 1 aliphatic carbocycles. The highest BCUT2D eigenvalue weighted by Crippen LogP contribution is 2.43. The minimum atomic E-state index is -0.759. The summed E-state index contributed by atoms with van der Waals surface area (Å²) >= 11 is 0. The van der Waals surface area contributed by atoms with Gasteiger partial charge in [0.2, 0.25) is 0 Å². The van der Waals surface area contributed by atoms with Crippen LogP contribution in [-0.4, -0.2) is 23.5 Å². The fourth-order valence-corrected chi connectivity index (χ4v) is 4.61. The van der Waals surface area contributed by atoms with Crippen molar-refractivity contribution >= 4 is 39.9 Å². The summed E-state index contributed by atoms with van der Waals surface area (Å²) in [6, 6.07) is 14.3. The average molecular weight is 358 g/mol. The zero-order valence-electron chi connectivity index (χ0n) is 15.0. The number of hydrogen-bond donors (Lipinski definition) is 3. The van der Waals surface area contributed by atoms with Gasteiger partial charge in [-0.3, -0.25) is 4.79 Å². The minimum Gasteiger partial charge on any atom is -0.481 e. The number of carbonyl (C=O) groups is 1. The van der Waals surface area contributed by atoms with Gasteiger partial charge in [0.15, 0.2) is 0 Å². The smallest absolute Gasteiger partial charge is 0.307 e. The molecule has 0 radical (unpaired) electrons. The van der Waals surface area contributed by atoms with E-state index in [1.807, 2.05) is 18.2 Å². The third kappa shape index (κ3) is 2.91. The predicted molar refractivity (Wildman–Crippen MR) is 110 cm³/mol. The van der Waals surface area contributed by atoms with E-state index in [1.54, 1.807) is 0 Å². The molecule has 3 aromatic rings. The molecule has 0 amide bonds. The molecule has 2 atom stereocenters. The Morgan fingerprint density at radius 3 is 2.33 bits per heavy atom. The van der Waals surface area contributed by atoms with Gasteiger partial charge in [-0.2, -0.15) is 0 Å². The first-order chi connectivity index (χ1) is 13.1. The zero-order chi connectivity index (χ0) is 19.0. The van der Waals surface area contributed by atoms with Crippen molar-refractivity contribution in [3.8, 4) is 0 Å². The summed E-state index contributed by atoms with van der Waals surface area (Å²) in [5.41, 5.74) is 2.29. The number of nitrogens with one attached hydrogen (secondary N) is 2. The van der Waals surface area contributed by atoms with E-state index in [4.69, 9.17) is 10.8 Å². The lowest BCUT2D eigenvalue weighted by Gasteiger charge is -2.31. The van der Waals surface area contributed by atoms with Gasteiger partial charge in [-0.05, 0) is 64.1 Å². The Labute approximate surface area is 157 Å². The van der Waals surface area contributed by atoms with E-state index in [-0.39, 0.29) is 5.92 Å². The van der Waals surface area contributed by atoms with Crippen LogP contribution in [0.1, 0.15) is 48.3 Å². The molecule has 1 aliphatic rings. The first-order valence-electron chi connectivity index (χ1n) is 9.37. The lowest BCUT2D eigenvalue weighted by molar-refractivity contribution is -0.143. The summed E-state index contributed by atoms with van der Waals surface area (Å²) < 4.78 is 0. The first kappa shape index (κ1) is 17.4. The number of carboxylic acid groups (broad SMARTS) is 1. The number of rotatable bonds is 4. The van der Waals surface area contributed by atoms with Gasteiger partial charge in [0.1, 0.15) is 0 Å². The summed E-state index contributed by atoms with van der Waals surface area (Å²) in [7, 11) is 0. The quantitative estimate of drug-likeness (QED) is 0.434. The molecule has 136 valence electrons. The molecule has 4 heteroatoms. The van der Waals surface area contributed by atoms with Crippen LogP contribution in [0.25, 0.3) is 21.5 Å². The molecule has 1 fully saturated rings. The van der Waals surface area contributed by atoms with E-state index in [9.17, 15) is 9.90 Å². The van der Waals surface area contributed by atoms with Crippen LogP contribution < -0.4 is 0 Å². The highest BCUT2D eigenvalue weighted by atomic mass is 16.4. The molecule has 0 unspecified atom stereocenters. The molecular weight excluding hydrogens is 336 g/mol. The van der Waals surface area contributed by atoms with E-state index in [0.717, 1.165) is 46.4 Å². The van der Waals surface area contributed by atoms with E-state index >= 15 is 0 Å². The Kier molecular flexibility index (Phi) is 4.48. The fourth-order valence-electron chi connectivity index (χ4n) is 4.61. The van der Waals surface area contributed by atoms with Crippen molar-refractivity contribution in [2.75, 3.05) is 0 Å². The number of benzene rings is 3. The second-order valence-corrected chi connectivity index (χ2v) is 7.34. The van der Waals surface area contributed by atoms with Crippen LogP contribution in [0.3, 0.4) is 0 Å². The highest BCUT2D eigenvalue weighted by Gasteiger charge is 2.34. The number of aliphatic carboxylic acids is 1. The second kappa shape index (κ2) is 6.95. The fraction of sp³-hybridized carbons (Fsp3) is 0.261. The van der Waals surface area contributed by atoms with Gasteiger partial charge < -0.3 is 15.9 Å². The Morgan fingerprint density at radius 2 is 1.67 bits per heavy atom. The average Bonchev–Trinajstić information content (AvgIpc) is 2.70. The van der Waals surface area contributed by atoms with Crippen LogP contribution in [0.5, 0.6) is 0 Å². The van der Waals surface area contributed by atoms with Crippen molar-refractivity contribution in [2.24, 2.45) is 5.92 Å². The van der Waals surface area contributed by atoms with Crippen molar-refractivity contribution in [1.29, 1.82) is 10.8 Å². The van der Waals surface area contributed by atoms with Gasteiger partial charge in [0, 0.05) is 23.6 Å².